The lowest BCUT2D eigenvalue weighted by Crippen LogP contribution is -2.30. The number of aryl methyl sites for hydroxylation is 1. The van der Waals surface area contributed by atoms with Gasteiger partial charge in [0, 0.05) is 40.5 Å². The second-order valence-electron chi connectivity index (χ2n) is 10.7. The van der Waals surface area contributed by atoms with Crippen molar-refractivity contribution in [1.29, 1.82) is 0 Å². The predicted molar refractivity (Wildman–Crippen MR) is 170 cm³/mol. The lowest BCUT2D eigenvalue weighted by molar-refractivity contribution is -0.138. The maximum absolute atomic E-state index is 13.2. The Morgan fingerprint density at radius 3 is 2.32 bits per heavy atom. The molecule has 226 valence electrons. The Morgan fingerprint density at radius 2 is 1.61 bits per heavy atom. The van der Waals surface area contributed by atoms with E-state index in [-0.39, 0.29) is 18.5 Å². The van der Waals surface area contributed by atoms with Gasteiger partial charge < -0.3 is 10.6 Å². The van der Waals surface area contributed by atoms with E-state index in [9.17, 15) is 18.0 Å². The van der Waals surface area contributed by atoms with E-state index in [1.165, 1.54) is 0 Å². The van der Waals surface area contributed by atoms with Crippen LogP contribution in [-0.2, 0) is 0 Å². The molecule has 0 aliphatic heterocycles. The molecular weight excluding hydrogens is 563 g/mol. The van der Waals surface area contributed by atoms with Crippen molar-refractivity contribution in [2.75, 3.05) is 23.7 Å². The lowest BCUT2D eigenvalue weighted by atomic mass is 10.0. The molecule has 5 rings (SSSR count). The Kier molecular flexibility index (Phi) is 9.25. The van der Waals surface area contributed by atoms with Gasteiger partial charge in [-0.1, -0.05) is 67.6 Å². The lowest BCUT2D eigenvalue weighted by Gasteiger charge is -2.29. The Bertz CT molecular complexity index is 1740. The predicted octanol–water partition coefficient (Wildman–Crippen LogP) is 8.94. The fourth-order valence-corrected chi connectivity index (χ4v) is 5.12. The SMILES string of the molecule is CCN(CCC(F)(F)F)C(C)c1ccc(C)c(NC(=O)c2ccc(Nc3nc(-c4ccccc4)c4ccccc4n3)cc2)c1. The first-order valence-corrected chi connectivity index (χ1v) is 14.5. The van der Waals surface area contributed by atoms with Gasteiger partial charge >= 0.3 is 6.18 Å². The number of anilines is 3. The van der Waals surface area contributed by atoms with Gasteiger partial charge in [0.25, 0.3) is 5.91 Å². The molecule has 0 aliphatic rings. The molecule has 0 saturated carbocycles. The quantitative estimate of drug-likeness (QED) is 0.168. The largest absolute Gasteiger partial charge is 0.390 e. The van der Waals surface area contributed by atoms with Crippen LogP contribution in [0.25, 0.3) is 22.2 Å². The number of amides is 1. The van der Waals surface area contributed by atoms with Crippen molar-refractivity contribution in [3.05, 3.63) is 114 Å². The van der Waals surface area contributed by atoms with Crippen molar-refractivity contribution in [3.8, 4) is 11.3 Å². The van der Waals surface area contributed by atoms with Crippen molar-refractivity contribution in [2.45, 2.75) is 39.4 Å². The van der Waals surface area contributed by atoms with Crippen molar-refractivity contribution >= 4 is 34.1 Å². The number of halogens is 3. The molecule has 6 nitrogen and oxygen atoms in total. The molecule has 0 spiro atoms. The van der Waals surface area contributed by atoms with Crippen LogP contribution in [0.2, 0.25) is 0 Å². The van der Waals surface area contributed by atoms with Gasteiger partial charge in [0.1, 0.15) is 0 Å². The molecule has 1 atom stereocenters. The third-order valence-electron chi connectivity index (χ3n) is 7.68. The van der Waals surface area contributed by atoms with Gasteiger partial charge in [-0.3, -0.25) is 9.69 Å². The van der Waals surface area contributed by atoms with E-state index >= 15 is 0 Å². The number of aromatic nitrogens is 2. The number of hydrogen-bond donors (Lipinski definition) is 2. The maximum atomic E-state index is 13.2. The zero-order valence-electron chi connectivity index (χ0n) is 24.8. The van der Waals surface area contributed by atoms with Crippen molar-refractivity contribution in [3.63, 3.8) is 0 Å². The molecule has 0 radical (unpaired) electrons. The summed E-state index contributed by atoms with van der Waals surface area (Å²) in [4.78, 5) is 24.4. The summed E-state index contributed by atoms with van der Waals surface area (Å²) in [5.74, 6) is 0.153. The number of alkyl halides is 3. The Morgan fingerprint density at radius 1 is 0.909 bits per heavy atom. The summed E-state index contributed by atoms with van der Waals surface area (Å²) in [6, 6.07) is 30.2. The molecule has 44 heavy (non-hydrogen) atoms. The van der Waals surface area contributed by atoms with Crippen LogP contribution in [0.1, 0.15) is 47.8 Å². The molecule has 0 aliphatic carbocycles. The molecule has 1 amide bonds. The number of rotatable bonds is 10. The first-order valence-electron chi connectivity index (χ1n) is 14.5. The number of hydrogen-bond acceptors (Lipinski definition) is 5. The van der Waals surface area contributed by atoms with Gasteiger partial charge in [0.2, 0.25) is 5.95 Å². The molecule has 0 saturated heterocycles. The first-order chi connectivity index (χ1) is 21.1. The van der Waals surface area contributed by atoms with Crippen molar-refractivity contribution in [1.82, 2.24) is 14.9 Å². The minimum Gasteiger partial charge on any atom is -0.324 e. The summed E-state index contributed by atoms with van der Waals surface area (Å²) in [5, 5.41) is 7.18. The number of nitrogens with one attached hydrogen (secondary N) is 2. The second kappa shape index (κ2) is 13.3. The summed E-state index contributed by atoms with van der Waals surface area (Å²) in [6.07, 6.45) is -5.08. The average molecular weight is 598 g/mol. The van der Waals surface area contributed by atoms with E-state index in [0.29, 0.717) is 23.7 Å². The Balaban J connectivity index is 1.30. The number of nitrogens with zero attached hydrogens (tertiary/aromatic N) is 3. The third-order valence-corrected chi connectivity index (χ3v) is 7.68. The zero-order chi connectivity index (χ0) is 31.3. The number of para-hydroxylation sites is 1. The van der Waals surface area contributed by atoms with Gasteiger partial charge in [-0.2, -0.15) is 13.2 Å². The van der Waals surface area contributed by atoms with Crippen LogP contribution in [0.4, 0.5) is 30.5 Å². The van der Waals surface area contributed by atoms with Crippen LogP contribution >= 0.6 is 0 Å². The number of fused-ring (bicyclic) bond motifs is 1. The fourth-order valence-electron chi connectivity index (χ4n) is 5.12. The van der Waals surface area contributed by atoms with Crippen LogP contribution < -0.4 is 10.6 Å². The van der Waals surface area contributed by atoms with Crippen LogP contribution in [0.15, 0.2) is 97.1 Å². The third kappa shape index (κ3) is 7.41. The molecule has 1 heterocycles. The van der Waals surface area contributed by atoms with Gasteiger partial charge in [-0.05, 0) is 67.9 Å². The highest BCUT2D eigenvalue weighted by atomic mass is 19.4. The zero-order valence-corrected chi connectivity index (χ0v) is 24.8. The second-order valence-corrected chi connectivity index (χ2v) is 10.7. The van der Waals surface area contributed by atoms with Gasteiger partial charge in [-0.15, -0.1) is 0 Å². The standard InChI is InChI=1S/C35H34F3N5O/c1-4-43(21-20-35(36,37)38)24(3)27-15-14-23(2)31(22-27)40-33(44)26-16-18-28(19-17-26)39-34-41-30-13-9-8-12-29(30)32(42-34)25-10-6-5-7-11-25/h5-19,22,24H,4,20-21H2,1-3H3,(H,40,44)(H,39,41,42). The van der Waals surface area contributed by atoms with E-state index in [0.717, 1.165) is 39.0 Å². The molecule has 5 aromatic rings. The normalized spacial score (nSPS) is 12.3. The number of carbonyl (C=O) groups excluding carboxylic acids is 1. The van der Waals surface area contributed by atoms with Crippen molar-refractivity contribution in [2.24, 2.45) is 0 Å². The summed E-state index contributed by atoms with van der Waals surface area (Å²) < 4.78 is 38.5. The summed E-state index contributed by atoms with van der Waals surface area (Å²) in [7, 11) is 0. The monoisotopic (exact) mass is 597 g/mol. The average Bonchev–Trinajstić information content (AvgIpc) is 3.02. The van der Waals surface area contributed by atoms with E-state index in [1.807, 2.05) is 93.6 Å². The summed E-state index contributed by atoms with van der Waals surface area (Å²) >= 11 is 0. The van der Waals surface area contributed by atoms with Crippen LogP contribution in [0.3, 0.4) is 0 Å². The van der Waals surface area contributed by atoms with Crippen molar-refractivity contribution < 1.29 is 18.0 Å². The minimum absolute atomic E-state index is 0.0884. The highest BCUT2D eigenvalue weighted by Crippen LogP contribution is 2.30. The van der Waals surface area contributed by atoms with Gasteiger partial charge in [-0.25, -0.2) is 9.97 Å². The molecule has 1 unspecified atom stereocenters. The summed E-state index contributed by atoms with van der Waals surface area (Å²) in [6.45, 7) is 5.99. The smallest absolute Gasteiger partial charge is 0.324 e. The maximum Gasteiger partial charge on any atom is 0.390 e. The van der Waals surface area contributed by atoms with E-state index in [2.05, 4.69) is 15.6 Å². The Labute approximate surface area is 255 Å². The van der Waals surface area contributed by atoms with Gasteiger partial charge in [0.15, 0.2) is 0 Å². The molecule has 0 fully saturated rings. The number of benzene rings is 4. The fraction of sp³-hybridized carbons (Fsp3) is 0.229. The molecule has 9 heteroatoms. The van der Waals surface area contributed by atoms with E-state index < -0.39 is 12.6 Å². The first kappa shape index (κ1) is 30.7. The molecular formula is C35H34F3N5O. The highest BCUT2D eigenvalue weighted by molar-refractivity contribution is 6.05. The molecule has 1 aromatic heterocycles. The minimum atomic E-state index is -4.21. The number of carbonyl (C=O) groups is 1. The molecule has 0 bridgehead atoms. The van der Waals surface area contributed by atoms with E-state index in [1.54, 1.807) is 29.2 Å². The van der Waals surface area contributed by atoms with E-state index in [4.69, 9.17) is 4.98 Å². The molecule has 4 aromatic carbocycles. The van der Waals surface area contributed by atoms with Crippen LogP contribution in [0.5, 0.6) is 0 Å². The summed E-state index contributed by atoms with van der Waals surface area (Å²) in [5.41, 5.74) is 6.11. The topological polar surface area (TPSA) is 70.2 Å². The highest BCUT2D eigenvalue weighted by Gasteiger charge is 2.29. The van der Waals surface area contributed by atoms with Crippen LogP contribution in [-0.4, -0.2) is 40.0 Å². The van der Waals surface area contributed by atoms with Crippen LogP contribution in [0, 0.1) is 6.92 Å². The Hall–Kier alpha value is -4.76. The van der Waals surface area contributed by atoms with Gasteiger partial charge in [0.05, 0.1) is 17.6 Å². The molecule has 2 N–H and O–H groups in total.